The van der Waals surface area contributed by atoms with Crippen LogP contribution in [-0.4, -0.2) is 30.5 Å². The van der Waals surface area contributed by atoms with E-state index in [0.29, 0.717) is 26.2 Å². The van der Waals surface area contributed by atoms with E-state index in [2.05, 4.69) is 0 Å². The Morgan fingerprint density at radius 1 is 1.16 bits per heavy atom. The Kier molecular flexibility index (Phi) is 6.67. The van der Waals surface area contributed by atoms with Gasteiger partial charge in [-0.1, -0.05) is 12.1 Å². The van der Waals surface area contributed by atoms with Crippen molar-refractivity contribution in [3.8, 4) is 11.5 Å². The molecule has 1 rings (SSSR count). The molecule has 4 heteroatoms. The summed E-state index contributed by atoms with van der Waals surface area (Å²) < 4.78 is 11.2. The molecular weight excluding hydrogens is 242 g/mol. The Bertz CT molecular complexity index is 366. The molecule has 1 aromatic carbocycles. The van der Waals surface area contributed by atoms with Gasteiger partial charge in [0.1, 0.15) is 0 Å². The molecule has 108 valence electrons. The minimum Gasteiger partial charge on any atom is -0.490 e. The molecular formula is C15H25NO3. The summed E-state index contributed by atoms with van der Waals surface area (Å²) in [6.07, 6.45) is 2.47. The summed E-state index contributed by atoms with van der Waals surface area (Å²) in [6.45, 7) is 5.25. The van der Waals surface area contributed by atoms with Crippen LogP contribution >= 0.6 is 0 Å². The van der Waals surface area contributed by atoms with Gasteiger partial charge in [-0.15, -0.1) is 0 Å². The molecule has 0 amide bonds. The summed E-state index contributed by atoms with van der Waals surface area (Å²) in [5.74, 6) is 1.55. The normalized spacial score (nSPS) is 13.9. The first-order valence-electron chi connectivity index (χ1n) is 6.86. The molecule has 0 saturated heterocycles. The van der Waals surface area contributed by atoms with Crippen molar-refractivity contribution in [2.45, 2.75) is 38.7 Å². The average Bonchev–Trinajstić information content (AvgIpc) is 2.40. The molecule has 1 unspecified atom stereocenters. The molecule has 1 atom stereocenters. The molecule has 0 aliphatic heterocycles. The van der Waals surface area contributed by atoms with Crippen molar-refractivity contribution in [1.82, 2.24) is 0 Å². The van der Waals surface area contributed by atoms with Crippen molar-refractivity contribution in [2.75, 3.05) is 19.8 Å². The second-order valence-corrected chi connectivity index (χ2v) is 4.89. The number of hydrogen-bond donors (Lipinski definition) is 2. The number of para-hydroxylation sites is 2. The molecule has 1 aromatic rings. The smallest absolute Gasteiger partial charge is 0.161 e. The fourth-order valence-corrected chi connectivity index (χ4v) is 1.74. The van der Waals surface area contributed by atoms with Crippen LogP contribution in [0, 0.1) is 0 Å². The van der Waals surface area contributed by atoms with Crippen LogP contribution in [0.1, 0.15) is 33.1 Å². The summed E-state index contributed by atoms with van der Waals surface area (Å²) in [7, 11) is 0. The zero-order valence-corrected chi connectivity index (χ0v) is 11.9. The third kappa shape index (κ3) is 5.94. The van der Waals surface area contributed by atoms with Crippen LogP contribution in [-0.2, 0) is 0 Å². The Labute approximate surface area is 115 Å². The van der Waals surface area contributed by atoms with Crippen molar-refractivity contribution in [2.24, 2.45) is 5.73 Å². The molecule has 0 bridgehead atoms. The number of aliphatic hydroxyl groups is 1. The number of hydrogen-bond acceptors (Lipinski definition) is 4. The Morgan fingerprint density at radius 2 is 1.79 bits per heavy atom. The van der Waals surface area contributed by atoms with Gasteiger partial charge in [0.15, 0.2) is 11.5 Å². The summed E-state index contributed by atoms with van der Waals surface area (Å²) in [5.41, 5.74) is 4.71. The summed E-state index contributed by atoms with van der Waals surface area (Å²) in [6, 6.07) is 7.66. The van der Waals surface area contributed by atoms with E-state index in [1.54, 1.807) is 6.92 Å². The molecule has 0 aliphatic carbocycles. The SMILES string of the molecule is CCOc1ccccc1OCCCCC(C)(O)CN. The third-order valence-corrected chi connectivity index (χ3v) is 2.96. The molecule has 4 nitrogen and oxygen atoms in total. The van der Waals surface area contributed by atoms with Crippen molar-refractivity contribution in [3.63, 3.8) is 0 Å². The highest BCUT2D eigenvalue weighted by molar-refractivity contribution is 5.39. The Balaban J connectivity index is 2.29. The zero-order valence-electron chi connectivity index (χ0n) is 11.9. The lowest BCUT2D eigenvalue weighted by atomic mass is 10.00. The third-order valence-electron chi connectivity index (χ3n) is 2.96. The van der Waals surface area contributed by atoms with Crippen molar-refractivity contribution < 1.29 is 14.6 Å². The monoisotopic (exact) mass is 267 g/mol. The highest BCUT2D eigenvalue weighted by atomic mass is 16.5. The van der Waals surface area contributed by atoms with Crippen LogP contribution in [0.2, 0.25) is 0 Å². The van der Waals surface area contributed by atoms with Gasteiger partial charge in [0.05, 0.1) is 18.8 Å². The lowest BCUT2D eigenvalue weighted by molar-refractivity contribution is 0.0561. The van der Waals surface area contributed by atoms with Crippen LogP contribution < -0.4 is 15.2 Å². The second kappa shape index (κ2) is 8.02. The first-order valence-corrected chi connectivity index (χ1v) is 6.86. The minimum atomic E-state index is -0.761. The van der Waals surface area contributed by atoms with E-state index < -0.39 is 5.60 Å². The van der Waals surface area contributed by atoms with Crippen LogP contribution in [0.15, 0.2) is 24.3 Å². The van der Waals surface area contributed by atoms with Gasteiger partial charge in [-0.25, -0.2) is 0 Å². The summed E-state index contributed by atoms with van der Waals surface area (Å²) >= 11 is 0. The number of rotatable bonds is 9. The van der Waals surface area contributed by atoms with Gasteiger partial charge in [-0.2, -0.15) is 0 Å². The molecule has 0 fully saturated rings. The maximum atomic E-state index is 9.77. The van der Waals surface area contributed by atoms with Gasteiger partial charge in [-0.05, 0) is 45.2 Å². The lowest BCUT2D eigenvalue weighted by Gasteiger charge is -2.20. The molecule has 0 spiro atoms. The number of benzene rings is 1. The second-order valence-electron chi connectivity index (χ2n) is 4.89. The fraction of sp³-hybridized carbons (Fsp3) is 0.600. The summed E-state index contributed by atoms with van der Waals surface area (Å²) in [4.78, 5) is 0. The van der Waals surface area contributed by atoms with Crippen LogP contribution in [0.3, 0.4) is 0 Å². The maximum absolute atomic E-state index is 9.77. The van der Waals surface area contributed by atoms with E-state index >= 15 is 0 Å². The number of nitrogens with two attached hydrogens (primary N) is 1. The Morgan fingerprint density at radius 3 is 2.37 bits per heavy atom. The van der Waals surface area contributed by atoms with Crippen molar-refractivity contribution >= 4 is 0 Å². The molecule has 0 aliphatic rings. The molecule has 0 heterocycles. The molecule has 19 heavy (non-hydrogen) atoms. The number of unbranched alkanes of at least 4 members (excludes halogenated alkanes) is 1. The predicted molar refractivity (Wildman–Crippen MR) is 76.6 cm³/mol. The van der Waals surface area contributed by atoms with Gasteiger partial charge in [0.2, 0.25) is 0 Å². The van der Waals surface area contributed by atoms with Crippen LogP contribution in [0.25, 0.3) is 0 Å². The van der Waals surface area contributed by atoms with E-state index in [0.717, 1.165) is 24.3 Å². The lowest BCUT2D eigenvalue weighted by Crippen LogP contribution is -2.33. The molecule has 3 N–H and O–H groups in total. The van der Waals surface area contributed by atoms with Gasteiger partial charge in [0, 0.05) is 6.54 Å². The van der Waals surface area contributed by atoms with Gasteiger partial charge < -0.3 is 20.3 Å². The fourth-order valence-electron chi connectivity index (χ4n) is 1.74. The van der Waals surface area contributed by atoms with Gasteiger partial charge in [0.25, 0.3) is 0 Å². The quantitative estimate of drug-likeness (QED) is 0.674. The standard InChI is InChI=1S/C15H25NO3/c1-3-18-13-8-4-5-9-14(13)19-11-7-6-10-15(2,17)12-16/h4-5,8-9,17H,3,6-7,10-12,16H2,1-2H3. The Hall–Kier alpha value is -1.26. The highest BCUT2D eigenvalue weighted by Crippen LogP contribution is 2.26. The maximum Gasteiger partial charge on any atom is 0.161 e. The molecule has 0 radical (unpaired) electrons. The predicted octanol–water partition coefficient (Wildman–Crippen LogP) is 2.34. The van der Waals surface area contributed by atoms with E-state index in [-0.39, 0.29) is 0 Å². The van der Waals surface area contributed by atoms with Gasteiger partial charge >= 0.3 is 0 Å². The van der Waals surface area contributed by atoms with Gasteiger partial charge in [-0.3, -0.25) is 0 Å². The van der Waals surface area contributed by atoms with Crippen LogP contribution in [0.5, 0.6) is 11.5 Å². The zero-order chi connectivity index (χ0) is 14.1. The van der Waals surface area contributed by atoms with Crippen molar-refractivity contribution in [1.29, 1.82) is 0 Å². The number of ether oxygens (including phenoxy) is 2. The highest BCUT2D eigenvalue weighted by Gasteiger charge is 2.16. The first kappa shape index (κ1) is 15.8. The average molecular weight is 267 g/mol. The van der Waals surface area contributed by atoms with E-state index in [1.807, 2.05) is 31.2 Å². The molecule has 0 saturated carbocycles. The van der Waals surface area contributed by atoms with E-state index in [1.165, 1.54) is 0 Å². The molecule has 0 aromatic heterocycles. The van der Waals surface area contributed by atoms with E-state index in [4.69, 9.17) is 15.2 Å². The topological polar surface area (TPSA) is 64.7 Å². The van der Waals surface area contributed by atoms with Crippen molar-refractivity contribution in [3.05, 3.63) is 24.3 Å². The first-order chi connectivity index (χ1) is 9.09. The van der Waals surface area contributed by atoms with Crippen LogP contribution in [0.4, 0.5) is 0 Å². The largest absolute Gasteiger partial charge is 0.490 e. The summed E-state index contributed by atoms with van der Waals surface area (Å²) in [5, 5.41) is 9.77. The minimum absolute atomic E-state index is 0.293. The van der Waals surface area contributed by atoms with E-state index in [9.17, 15) is 5.11 Å².